The van der Waals surface area contributed by atoms with Gasteiger partial charge in [-0.2, -0.15) is 0 Å². The van der Waals surface area contributed by atoms with Crippen molar-refractivity contribution in [2.24, 2.45) is 0 Å². The van der Waals surface area contributed by atoms with Crippen LogP contribution in [0.2, 0.25) is 0 Å². The van der Waals surface area contributed by atoms with Gasteiger partial charge >= 0.3 is 0 Å². The molecular formula is C20H16FN3O2S. The minimum Gasteiger partial charge on any atom is -0.358 e. The average molecular weight is 381 g/mol. The van der Waals surface area contributed by atoms with Gasteiger partial charge in [0.1, 0.15) is 5.82 Å². The number of nitrogens with zero attached hydrogens (tertiary/aromatic N) is 1. The molecule has 3 heterocycles. The van der Waals surface area contributed by atoms with E-state index >= 15 is 0 Å². The Hall–Kier alpha value is -2.80. The lowest BCUT2D eigenvalue weighted by Gasteiger charge is -2.28. The fourth-order valence-electron chi connectivity index (χ4n) is 3.75. The third kappa shape index (κ3) is 2.78. The molecule has 0 atom stereocenters. The Kier molecular flexibility index (Phi) is 3.72. The van der Waals surface area contributed by atoms with E-state index in [0.29, 0.717) is 30.8 Å². The van der Waals surface area contributed by atoms with E-state index < -0.39 is 0 Å². The molecule has 0 radical (unpaired) electrons. The van der Waals surface area contributed by atoms with Crippen molar-refractivity contribution in [3.05, 3.63) is 59.0 Å². The van der Waals surface area contributed by atoms with E-state index in [-0.39, 0.29) is 17.6 Å². The van der Waals surface area contributed by atoms with Crippen LogP contribution in [0.15, 0.2) is 41.3 Å². The number of carbonyl (C=O) groups is 2. The van der Waals surface area contributed by atoms with Gasteiger partial charge in [0.15, 0.2) is 0 Å². The molecule has 2 aliphatic heterocycles. The second-order valence-electron chi connectivity index (χ2n) is 6.80. The number of thioether (sulfide) groups is 1. The third-order valence-electron chi connectivity index (χ3n) is 5.09. The molecule has 0 bridgehead atoms. The van der Waals surface area contributed by atoms with Crippen LogP contribution in [0.25, 0.3) is 10.9 Å². The maximum atomic E-state index is 13.7. The van der Waals surface area contributed by atoms with Crippen molar-refractivity contribution in [2.75, 3.05) is 17.6 Å². The van der Waals surface area contributed by atoms with Crippen LogP contribution in [0.3, 0.4) is 0 Å². The van der Waals surface area contributed by atoms with Gasteiger partial charge in [0.05, 0.1) is 11.4 Å². The highest BCUT2D eigenvalue weighted by atomic mass is 32.2. The summed E-state index contributed by atoms with van der Waals surface area (Å²) in [7, 11) is 0. The lowest BCUT2D eigenvalue weighted by atomic mass is 10.0. The molecule has 0 fully saturated rings. The van der Waals surface area contributed by atoms with E-state index in [1.54, 1.807) is 23.1 Å². The molecule has 27 heavy (non-hydrogen) atoms. The summed E-state index contributed by atoms with van der Waals surface area (Å²) in [5, 5.41) is 3.66. The van der Waals surface area contributed by atoms with E-state index in [1.807, 2.05) is 6.07 Å². The first-order chi connectivity index (χ1) is 13.1. The average Bonchev–Trinajstić information content (AvgIpc) is 3.04. The number of hydrogen-bond acceptors (Lipinski definition) is 3. The Morgan fingerprint density at radius 2 is 2.07 bits per heavy atom. The maximum absolute atomic E-state index is 13.7. The van der Waals surface area contributed by atoms with Crippen LogP contribution >= 0.6 is 11.8 Å². The summed E-state index contributed by atoms with van der Waals surface area (Å²) in [6.45, 7) is 1.07. The summed E-state index contributed by atoms with van der Waals surface area (Å²) in [6.07, 6.45) is 0.715. The predicted molar refractivity (Wildman–Crippen MR) is 102 cm³/mol. The minimum atomic E-state index is -0.276. The van der Waals surface area contributed by atoms with Gasteiger partial charge in [-0.1, -0.05) is 0 Å². The normalized spacial score (nSPS) is 16.0. The van der Waals surface area contributed by atoms with Crippen molar-refractivity contribution in [3.63, 3.8) is 0 Å². The van der Waals surface area contributed by atoms with Crippen molar-refractivity contribution in [1.29, 1.82) is 0 Å². The van der Waals surface area contributed by atoms with Gasteiger partial charge in [-0.15, -0.1) is 11.8 Å². The first kappa shape index (κ1) is 16.4. The van der Waals surface area contributed by atoms with Crippen LogP contribution < -0.4 is 5.32 Å². The summed E-state index contributed by atoms with van der Waals surface area (Å²) < 4.78 is 13.7. The predicted octanol–water partition coefficient (Wildman–Crippen LogP) is 3.55. The zero-order valence-electron chi connectivity index (χ0n) is 14.3. The lowest BCUT2D eigenvalue weighted by molar-refractivity contribution is -0.113. The summed E-state index contributed by atoms with van der Waals surface area (Å²) >= 11 is 1.44. The first-order valence-electron chi connectivity index (χ1n) is 8.73. The number of rotatable bonds is 1. The number of amides is 2. The van der Waals surface area contributed by atoms with Gasteiger partial charge in [0.25, 0.3) is 5.91 Å². The molecule has 0 aliphatic carbocycles. The van der Waals surface area contributed by atoms with Gasteiger partial charge in [-0.3, -0.25) is 9.59 Å². The molecule has 0 saturated heterocycles. The Labute approximate surface area is 158 Å². The van der Waals surface area contributed by atoms with Gasteiger partial charge in [0.2, 0.25) is 5.91 Å². The van der Waals surface area contributed by atoms with E-state index in [0.717, 1.165) is 32.7 Å². The number of fused-ring (bicyclic) bond motifs is 4. The van der Waals surface area contributed by atoms with Gasteiger partial charge in [-0.05, 0) is 36.4 Å². The SMILES string of the molecule is O=C1CSc2cc(C(=O)N3CCc4[nH]c5ccc(F)cc5c4C3)ccc2N1. The van der Waals surface area contributed by atoms with Crippen molar-refractivity contribution >= 4 is 40.2 Å². The zero-order valence-corrected chi connectivity index (χ0v) is 15.2. The molecule has 2 aliphatic rings. The number of nitrogens with one attached hydrogen (secondary N) is 2. The molecule has 7 heteroatoms. The van der Waals surface area contributed by atoms with Crippen molar-refractivity contribution in [2.45, 2.75) is 17.9 Å². The number of aromatic nitrogens is 1. The van der Waals surface area contributed by atoms with Crippen LogP contribution in [0.4, 0.5) is 10.1 Å². The molecule has 2 amide bonds. The monoisotopic (exact) mass is 381 g/mol. The largest absolute Gasteiger partial charge is 0.358 e. The van der Waals surface area contributed by atoms with Crippen LogP contribution in [-0.4, -0.2) is 34.0 Å². The zero-order chi connectivity index (χ0) is 18.5. The van der Waals surface area contributed by atoms with Crippen molar-refractivity contribution < 1.29 is 14.0 Å². The number of anilines is 1. The first-order valence-corrected chi connectivity index (χ1v) is 9.72. The fraction of sp³-hybridized carbons (Fsp3) is 0.200. The highest BCUT2D eigenvalue weighted by Crippen LogP contribution is 2.33. The Morgan fingerprint density at radius 1 is 1.19 bits per heavy atom. The molecule has 0 unspecified atom stereocenters. The second kappa shape index (κ2) is 6.13. The Morgan fingerprint density at radius 3 is 2.96 bits per heavy atom. The maximum Gasteiger partial charge on any atom is 0.254 e. The minimum absolute atomic E-state index is 0.0262. The van der Waals surface area contributed by atoms with Crippen molar-refractivity contribution in [1.82, 2.24) is 9.88 Å². The van der Waals surface area contributed by atoms with Crippen LogP contribution in [0, 0.1) is 5.82 Å². The lowest BCUT2D eigenvalue weighted by Crippen LogP contribution is -2.35. The molecule has 2 N–H and O–H groups in total. The standard InChI is InChI=1S/C20H16FN3O2S/c21-12-2-4-15-13(8-12)14-9-24(6-5-16(14)22-15)20(26)11-1-3-17-18(7-11)27-10-19(25)23-17/h1-4,7-8,22H,5-6,9-10H2,(H,23,25). The molecule has 5 rings (SSSR count). The number of benzene rings is 2. The molecule has 2 aromatic carbocycles. The van der Waals surface area contributed by atoms with Crippen LogP contribution in [-0.2, 0) is 17.8 Å². The van der Waals surface area contributed by atoms with E-state index in [2.05, 4.69) is 10.3 Å². The molecule has 136 valence electrons. The van der Waals surface area contributed by atoms with Gasteiger partial charge in [0, 0.05) is 52.1 Å². The summed E-state index contributed by atoms with van der Waals surface area (Å²) in [5.74, 6) is 0.00781. The summed E-state index contributed by atoms with van der Waals surface area (Å²) in [5.41, 5.74) is 4.32. The van der Waals surface area contributed by atoms with E-state index in [4.69, 9.17) is 0 Å². The Balaban J connectivity index is 1.45. The number of aromatic amines is 1. The highest BCUT2D eigenvalue weighted by molar-refractivity contribution is 8.00. The summed E-state index contributed by atoms with van der Waals surface area (Å²) in [4.78, 5) is 30.6. The fourth-order valence-corrected chi connectivity index (χ4v) is 4.59. The number of hydrogen-bond donors (Lipinski definition) is 2. The smallest absolute Gasteiger partial charge is 0.254 e. The van der Waals surface area contributed by atoms with Crippen LogP contribution in [0.5, 0.6) is 0 Å². The molecule has 5 nitrogen and oxygen atoms in total. The van der Waals surface area contributed by atoms with Crippen LogP contribution in [0.1, 0.15) is 21.6 Å². The summed E-state index contributed by atoms with van der Waals surface area (Å²) in [6, 6.07) is 10.1. The van der Waals surface area contributed by atoms with Crippen molar-refractivity contribution in [3.8, 4) is 0 Å². The van der Waals surface area contributed by atoms with E-state index in [1.165, 1.54) is 23.9 Å². The molecule has 3 aromatic rings. The highest BCUT2D eigenvalue weighted by Gasteiger charge is 2.26. The number of halogens is 1. The van der Waals surface area contributed by atoms with Gasteiger partial charge in [-0.25, -0.2) is 4.39 Å². The second-order valence-corrected chi connectivity index (χ2v) is 7.81. The number of H-pyrrole nitrogens is 1. The Bertz CT molecular complexity index is 1110. The molecule has 1 aromatic heterocycles. The topological polar surface area (TPSA) is 65.2 Å². The number of carbonyl (C=O) groups excluding carboxylic acids is 2. The molecular weight excluding hydrogens is 365 g/mol. The third-order valence-corrected chi connectivity index (χ3v) is 6.14. The van der Waals surface area contributed by atoms with E-state index in [9.17, 15) is 14.0 Å². The quantitative estimate of drug-likeness (QED) is 0.678. The van der Waals surface area contributed by atoms with Gasteiger partial charge < -0.3 is 15.2 Å². The molecule has 0 saturated carbocycles. The molecule has 0 spiro atoms.